The Hall–Kier alpha value is -4.70. The van der Waals surface area contributed by atoms with Gasteiger partial charge in [-0.15, -0.1) is 0 Å². The van der Waals surface area contributed by atoms with Gasteiger partial charge in [0.15, 0.2) is 0 Å². The molecule has 2 unspecified atom stereocenters. The van der Waals surface area contributed by atoms with Gasteiger partial charge in [0.05, 0.1) is 5.69 Å². The monoisotopic (exact) mass is 469 g/mol. The van der Waals surface area contributed by atoms with E-state index in [9.17, 15) is 10.2 Å². The van der Waals surface area contributed by atoms with Crippen LogP contribution < -0.4 is 0 Å². The van der Waals surface area contributed by atoms with Gasteiger partial charge in [0.25, 0.3) is 0 Å². The molecule has 1 aliphatic carbocycles. The summed E-state index contributed by atoms with van der Waals surface area (Å²) in [6.45, 7) is 0. The van der Waals surface area contributed by atoms with Crippen LogP contribution in [0.25, 0.3) is 27.6 Å². The number of aromatic nitrogens is 1. The van der Waals surface area contributed by atoms with E-state index >= 15 is 0 Å². The number of furan rings is 1. The molecule has 6 aromatic rings. The maximum Gasteiger partial charge on any atom is 0.203 e. The van der Waals surface area contributed by atoms with Gasteiger partial charge in [-0.3, -0.25) is 4.57 Å². The van der Waals surface area contributed by atoms with E-state index in [1.165, 1.54) is 4.57 Å². The van der Waals surface area contributed by atoms with Gasteiger partial charge < -0.3 is 14.6 Å². The lowest BCUT2D eigenvalue weighted by Gasteiger charge is -2.24. The van der Waals surface area contributed by atoms with E-state index in [-0.39, 0.29) is 23.6 Å². The molecule has 2 N–H and O–H groups in total. The highest BCUT2D eigenvalue weighted by molar-refractivity contribution is 6.05. The van der Waals surface area contributed by atoms with Gasteiger partial charge in [-0.05, 0) is 29.3 Å². The molecule has 0 saturated heterocycles. The Bertz CT molecular complexity index is 1690. The van der Waals surface area contributed by atoms with Crippen molar-refractivity contribution in [3.8, 4) is 17.4 Å². The fourth-order valence-corrected chi connectivity index (χ4v) is 5.58. The molecule has 4 nitrogen and oxygen atoms in total. The molecule has 174 valence electrons. The highest BCUT2D eigenvalue weighted by Crippen LogP contribution is 2.51. The minimum absolute atomic E-state index is 0.0390. The van der Waals surface area contributed by atoms with Gasteiger partial charge in [-0.25, -0.2) is 0 Å². The minimum Gasteiger partial charge on any atom is -0.494 e. The van der Waals surface area contributed by atoms with Gasteiger partial charge >= 0.3 is 0 Å². The van der Waals surface area contributed by atoms with Crippen LogP contribution in [0.5, 0.6) is 11.8 Å². The number of para-hydroxylation sites is 1. The van der Waals surface area contributed by atoms with Crippen molar-refractivity contribution in [1.29, 1.82) is 0 Å². The number of fused-ring (bicyclic) bond motifs is 4. The first kappa shape index (κ1) is 20.7. The third-order valence-corrected chi connectivity index (χ3v) is 7.25. The summed E-state index contributed by atoms with van der Waals surface area (Å²) < 4.78 is 7.63. The normalized spacial score (nSPS) is 17.0. The van der Waals surface area contributed by atoms with Crippen LogP contribution in [0, 0.1) is 0 Å². The molecule has 0 saturated carbocycles. The number of allylic oxidation sites excluding steroid dienone is 2. The van der Waals surface area contributed by atoms with Crippen LogP contribution in [0.15, 0.2) is 120 Å². The number of hydrogen-bond donors (Lipinski definition) is 2. The van der Waals surface area contributed by atoms with Gasteiger partial charge in [0.2, 0.25) is 11.8 Å². The first-order valence-corrected chi connectivity index (χ1v) is 12.1. The molecule has 0 radical (unpaired) electrons. The van der Waals surface area contributed by atoms with Crippen LogP contribution in [0.3, 0.4) is 0 Å². The zero-order valence-corrected chi connectivity index (χ0v) is 19.4. The topological polar surface area (TPSA) is 58.5 Å². The molecule has 2 heterocycles. The summed E-state index contributed by atoms with van der Waals surface area (Å²) in [5.41, 5.74) is 5.71. The van der Waals surface area contributed by atoms with E-state index < -0.39 is 0 Å². The molecule has 0 bridgehead atoms. The van der Waals surface area contributed by atoms with Crippen molar-refractivity contribution in [3.63, 3.8) is 0 Å². The smallest absolute Gasteiger partial charge is 0.203 e. The first-order chi connectivity index (χ1) is 17.7. The largest absolute Gasteiger partial charge is 0.494 e. The average Bonchev–Trinajstić information content (AvgIpc) is 3.43. The second-order valence-corrected chi connectivity index (χ2v) is 9.25. The summed E-state index contributed by atoms with van der Waals surface area (Å²) >= 11 is 0. The summed E-state index contributed by atoms with van der Waals surface area (Å²) in [4.78, 5) is 0. The van der Waals surface area contributed by atoms with E-state index in [2.05, 4.69) is 36.4 Å². The molecule has 2 aromatic heterocycles. The van der Waals surface area contributed by atoms with Crippen LogP contribution in [0.1, 0.15) is 34.1 Å². The predicted octanol–water partition coefficient (Wildman–Crippen LogP) is 7.62. The van der Waals surface area contributed by atoms with E-state index in [1.54, 1.807) is 0 Å². The molecule has 4 heteroatoms. The van der Waals surface area contributed by atoms with E-state index in [4.69, 9.17) is 4.42 Å². The summed E-state index contributed by atoms with van der Waals surface area (Å²) in [5.74, 6) is -0.277. The predicted molar refractivity (Wildman–Crippen MR) is 142 cm³/mol. The molecule has 4 aromatic carbocycles. The van der Waals surface area contributed by atoms with Crippen molar-refractivity contribution in [2.24, 2.45) is 0 Å². The van der Waals surface area contributed by atoms with E-state index in [0.717, 1.165) is 38.6 Å². The number of benzene rings is 4. The van der Waals surface area contributed by atoms with Crippen molar-refractivity contribution in [2.45, 2.75) is 11.8 Å². The molecule has 2 atom stereocenters. The van der Waals surface area contributed by atoms with E-state index in [1.807, 2.05) is 78.9 Å². The summed E-state index contributed by atoms with van der Waals surface area (Å²) in [7, 11) is 0. The van der Waals surface area contributed by atoms with Crippen LogP contribution in [-0.4, -0.2) is 14.8 Å². The molecular weight excluding hydrogens is 446 g/mol. The van der Waals surface area contributed by atoms with Crippen molar-refractivity contribution in [2.75, 3.05) is 0 Å². The number of hydrogen-bond acceptors (Lipinski definition) is 3. The minimum atomic E-state index is -0.178. The SMILES string of the molecule is Oc1c2c(c(O)n1-c1ccc3c(c1)oc1ccccc13)C(c1ccccc1)C=CC2c1ccccc1. The standard InChI is InChI=1S/C32H23NO3/c34-31-29-23(20-9-3-1-4-10-20)17-18-24(21-11-5-2-6-12-21)30(29)32(35)33(31)22-15-16-26-25-13-7-8-14-27(25)36-28(26)19-22/h1-19,23-24,34-35H. The lowest BCUT2D eigenvalue weighted by molar-refractivity contribution is 0.399. The fraction of sp³-hybridized carbons (Fsp3) is 0.0625. The van der Waals surface area contributed by atoms with Crippen LogP contribution >= 0.6 is 0 Å². The average molecular weight is 470 g/mol. The third kappa shape index (κ3) is 3.01. The second-order valence-electron chi connectivity index (χ2n) is 9.25. The highest BCUT2D eigenvalue weighted by atomic mass is 16.3. The zero-order valence-electron chi connectivity index (χ0n) is 19.4. The second kappa shape index (κ2) is 7.92. The summed E-state index contributed by atoms with van der Waals surface area (Å²) in [6, 6.07) is 33.8. The number of nitrogens with zero attached hydrogens (tertiary/aromatic N) is 1. The maximum absolute atomic E-state index is 11.7. The van der Waals surface area contributed by atoms with Crippen molar-refractivity contribution in [1.82, 2.24) is 4.57 Å². The molecule has 36 heavy (non-hydrogen) atoms. The van der Waals surface area contributed by atoms with Crippen LogP contribution in [-0.2, 0) is 0 Å². The third-order valence-electron chi connectivity index (χ3n) is 7.25. The molecule has 0 amide bonds. The van der Waals surface area contributed by atoms with Crippen molar-refractivity contribution >= 4 is 21.9 Å². The molecule has 1 aliphatic rings. The highest BCUT2D eigenvalue weighted by Gasteiger charge is 2.35. The Kier molecular flexibility index (Phi) is 4.55. The van der Waals surface area contributed by atoms with Gasteiger partial charge in [-0.2, -0.15) is 0 Å². The molecule has 0 aliphatic heterocycles. The van der Waals surface area contributed by atoms with Crippen molar-refractivity contribution < 1.29 is 14.6 Å². The first-order valence-electron chi connectivity index (χ1n) is 12.1. The number of aromatic hydroxyl groups is 2. The van der Waals surface area contributed by atoms with Gasteiger partial charge in [0.1, 0.15) is 11.2 Å². The lowest BCUT2D eigenvalue weighted by Crippen LogP contribution is -2.10. The Morgan fingerprint density at radius 2 is 1.08 bits per heavy atom. The quantitative estimate of drug-likeness (QED) is 0.262. The number of rotatable bonds is 3. The zero-order chi connectivity index (χ0) is 24.2. The Morgan fingerprint density at radius 3 is 1.69 bits per heavy atom. The maximum atomic E-state index is 11.7. The molecule has 0 fully saturated rings. The summed E-state index contributed by atoms with van der Waals surface area (Å²) in [6.07, 6.45) is 4.25. The van der Waals surface area contributed by atoms with Crippen molar-refractivity contribution in [3.05, 3.63) is 138 Å². The fourth-order valence-electron chi connectivity index (χ4n) is 5.58. The Labute approximate surface area is 208 Å². The molecule has 0 spiro atoms. The molecular formula is C32H23NO3. The lowest BCUT2D eigenvalue weighted by atomic mass is 9.78. The van der Waals surface area contributed by atoms with Crippen LogP contribution in [0.2, 0.25) is 0 Å². The Balaban J connectivity index is 1.46. The van der Waals surface area contributed by atoms with Gasteiger partial charge in [-0.1, -0.05) is 91.0 Å². The Morgan fingerprint density at radius 1 is 0.556 bits per heavy atom. The van der Waals surface area contributed by atoms with Gasteiger partial charge in [0, 0.05) is 39.8 Å². The molecule has 7 rings (SSSR count). The van der Waals surface area contributed by atoms with E-state index in [0.29, 0.717) is 11.3 Å². The van der Waals surface area contributed by atoms with Crippen LogP contribution in [0.4, 0.5) is 0 Å². The summed E-state index contributed by atoms with van der Waals surface area (Å²) in [5, 5.41) is 25.3.